The highest BCUT2D eigenvalue weighted by Gasteiger charge is 2.23. The van der Waals surface area contributed by atoms with Crippen LogP contribution in [0.2, 0.25) is 0 Å². The Labute approximate surface area is 199 Å². The second-order valence-electron chi connectivity index (χ2n) is 8.88. The molecule has 34 heavy (non-hydrogen) atoms. The zero-order valence-corrected chi connectivity index (χ0v) is 20.0. The number of carbonyl (C=O) groups is 1. The molecule has 0 saturated carbocycles. The van der Waals surface area contributed by atoms with Crippen LogP contribution in [0.3, 0.4) is 0 Å². The Bertz CT molecular complexity index is 1300. The van der Waals surface area contributed by atoms with Gasteiger partial charge in [0.2, 0.25) is 0 Å². The Kier molecular flexibility index (Phi) is 6.11. The fraction of sp³-hybridized carbons (Fsp3) is 0.333. The molecule has 0 N–H and O–H groups in total. The van der Waals surface area contributed by atoms with E-state index in [1.54, 1.807) is 11.8 Å². The van der Waals surface area contributed by atoms with E-state index in [2.05, 4.69) is 34.3 Å². The molecule has 1 saturated heterocycles. The van der Waals surface area contributed by atoms with Crippen LogP contribution in [-0.2, 0) is 13.6 Å². The molecule has 3 heterocycles. The van der Waals surface area contributed by atoms with Crippen LogP contribution in [0.15, 0.2) is 59.0 Å². The van der Waals surface area contributed by atoms with Crippen molar-refractivity contribution in [3.8, 4) is 16.9 Å². The van der Waals surface area contributed by atoms with Crippen molar-refractivity contribution < 1.29 is 13.9 Å². The van der Waals surface area contributed by atoms with E-state index in [9.17, 15) is 4.79 Å². The molecule has 1 aliphatic rings. The van der Waals surface area contributed by atoms with Crippen LogP contribution in [-0.4, -0.2) is 58.8 Å². The second-order valence-corrected chi connectivity index (χ2v) is 8.88. The van der Waals surface area contributed by atoms with Gasteiger partial charge in [0.15, 0.2) is 5.69 Å². The van der Waals surface area contributed by atoms with E-state index < -0.39 is 0 Å². The monoisotopic (exact) mass is 458 g/mol. The first-order chi connectivity index (χ1) is 16.5. The summed E-state index contributed by atoms with van der Waals surface area (Å²) in [7, 11) is 3.56. The lowest BCUT2D eigenvalue weighted by Gasteiger charge is -2.20. The van der Waals surface area contributed by atoms with Gasteiger partial charge in [-0.15, -0.1) is 0 Å². The summed E-state index contributed by atoms with van der Waals surface area (Å²) >= 11 is 0. The molecule has 0 atom stereocenters. The molecule has 1 fully saturated rings. The van der Waals surface area contributed by atoms with E-state index >= 15 is 0 Å². The highest BCUT2D eigenvalue weighted by molar-refractivity contribution is 5.92. The molecule has 0 spiro atoms. The standard InChI is InChI=1S/C27H30N4O3/c1-19-15-24(28-29(19)2)27(32)31-12-6-11-30(13-14-31)18-22-17-21-16-20(9-10-25(21)34-22)23-7-4-5-8-26(23)33-3/h4-5,7-10,15-17H,6,11-14,18H2,1-3H3. The lowest BCUT2D eigenvalue weighted by molar-refractivity contribution is 0.0754. The van der Waals surface area contributed by atoms with Gasteiger partial charge in [-0.1, -0.05) is 24.3 Å². The van der Waals surface area contributed by atoms with Crippen molar-refractivity contribution in [2.45, 2.75) is 19.9 Å². The molecular weight excluding hydrogens is 428 g/mol. The van der Waals surface area contributed by atoms with Gasteiger partial charge < -0.3 is 14.1 Å². The van der Waals surface area contributed by atoms with E-state index in [1.165, 1.54) is 0 Å². The number of methoxy groups -OCH3 is 1. The quantitative estimate of drug-likeness (QED) is 0.441. The van der Waals surface area contributed by atoms with E-state index in [0.717, 1.165) is 71.9 Å². The summed E-state index contributed by atoms with van der Waals surface area (Å²) in [5.74, 6) is 1.81. The summed E-state index contributed by atoms with van der Waals surface area (Å²) in [6.45, 7) is 5.85. The minimum Gasteiger partial charge on any atom is -0.496 e. The number of hydrogen-bond acceptors (Lipinski definition) is 5. The van der Waals surface area contributed by atoms with Gasteiger partial charge in [-0.2, -0.15) is 5.10 Å². The fourth-order valence-electron chi connectivity index (χ4n) is 4.61. The number of aromatic nitrogens is 2. The van der Waals surface area contributed by atoms with E-state index in [1.807, 2.05) is 49.2 Å². The normalized spacial score (nSPS) is 15.0. The minimum absolute atomic E-state index is 0.0122. The number of nitrogens with zero attached hydrogens (tertiary/aromatic N) is 4. The number of amides is 1. The number of para-hydroxylation sites is 1. The van der Waals surface area contributed by atoms with Gasteiger partial charge in [0.25, 0.3) is 5.91 Å². The molecule has 0 bridgehead atoms. The zero-order valence-electron chi connectivity index (χ0n) is 20.0. The van der Waals surface area contributed by atoms with Crippen molar-refractivity contribution in [2.75, 3.05) is 33.3 Å². The number of carbonyl (C=O) groups excluding carboxylic acids is 1. The van der Waals surface area contributed by atoms with Gasteiger partial charge in [-0.3, -0.25) is 14.4 Å². The van der Waals surface area contributed by atoms with Crippen molar-refractivity contribution in [2.24, 2.45) is 7.05 Å². The average Bonchev–Trinajstić information content (AvgIpc) is 3.31. The van der Waals surface area contributed by atoms with Crippen molar-refractivity contribution in [3.63, 3.8) is 0 Å². The van der Waals surface area contributed by atoms with Gasteiger partial charge in [-0.05, 0) is 49.2 Å². The van der Waals surface area contributed by atoms with E-state index in [4.69, 9.17) is 9.15 Å². The molecule has 7 nitrogen and oxygen atoms in total. The summed E-state index contributed by atoms with van der Waals surface area (Å²) in [4.78, 5) is 17.2. The lowest BCUT2D eigenvalue weighted by Crippen LogP contribution is -2.35. The predicted molar refractivity (Wildman–Crippen MR) is 132 cm³/mol. The van der Waals surface area contributed by atoms with Crippen LogP contribution in [0, 0.1) is 6.92 Å². The van der Waals surface area contributed by atoms with Crippen LogP contribution in [0.25, 0.3) is 22.1 Å². The summed E-state index contributed by atoms with van der Waals surface area (Å²) in [5.41, 5.74) is 4.56. The Balaban J connectivity index is 1.27. The Morgan fingerprint density at radius 1 is 1.06 bits per heavy atom. The maximum absolute atomic E-state index is 12.9. The van der Waals surface area contributed by atoms with Gasteiger partial charge in [0, 0.05) is 49.9 Å². The molecule has 1 aliphatic heterocycles. The number of rotatable bonds is 5. The molecule has 4 aromatic rings. The van der Waals surface area contributed by atoms with Crippen molar-refractivity contribution >= 4 is 16.9 Å². The van der Waals surface area contributed by atoms with Crippen LogP contribution < -0.4 is 4.74 Å². The van der Waals surface area contributed by atoms with Gasteiger partial charge >= 0.3 is 0 Å². The number of ether oxygens (including phenoxy) is 1. The molecule has 0 unspecified atom stereocenters. The second kappa shape index (κ2) is 9.35. The van der Waals surface area contributed by atoms with Crippen molar-refractivity contribution in [1.29, 1.82) is 0 Å². The topological polar surface area (TPSA) is 63.7 Å². The molecule has 1 amide bonds. The Morgan fingerprint density at radius 2 is 1.91 bits per heavy atom. The predicted octanol–water partition coefficient (Wildman–Crippen LogP) is 4.50. The maximum atomic E-state index is 12.9. The molecule has 7 heteroatoms. The molecular formula is C27H30N4O3. The van der Waals surface area contributed by atoms with E-state index in [0.29, 0.717) is 12.2 Å². The first-order valence-corrected chi connectivity index (χ1v) is 11.7. The molecule has 2 aromatic carbocycles. The molecule has 0 aliphatic carbocycles. The smallest absolute Gasteiger partial charge is 0.274 e. The Morgan fingerprint density at radius 3 is 2.71 bits per heavy atom. The number of hydrogen-bond donors (Lipinski definition) is 0. The molecule has 2 aromatic heterocycles. The third-order valence-corrected chi connectivity index (χ3v) is 6.57. The maximum Gasteiger partial charge on any atom is 0.274 e. The third kappa shape index (κ3) is 4.43. The largest absolute Gasteiger partial charge is 0.496 e. The first kappa shape index (κ1) is 22.2. The summed E-state index contributed by atoms with van der Waals surface area (Å²) in [6.07, 6.45) is 0.926. The van der Waals surface area contributed by atoms with Gasteiger partial charge in [0.1, 0.15) is 17.1 Å². The lowest BCUT2D eigenvalue weighted by atomic mass is 10.0. The number of benzene rings is 2. The van der Waals surface area contributed by atoms with Crippen molar-refractivity contribution in [3.05, 3.63) is 71.7 Å². The van der Waals surface area contributed by atoms with Crippen molar-refractivity contribution in [1.82, 2.24) is 19.6 Å². The highest BCUT2D eigenvalue weighted by Crippen LogP contribution is 2.32. The van der Waals surface area contributed by atoms with Crippen LogP contribution in [0.5, 0.6) is 5.75 Å². The molecule has 176 valence electrons. The minimum atomic E-state index is 0.0122. The summed E-state index contributed by atoms with van der Waals surface area (Å²) < 4.78 is 13.4. The van der Waals surface area contributed by atoms with Crippen LogP contribution in [0.4, 0.5) is 0 Å². The molecule has 0 radical (unpaired) electrons. The number of fused-ring (bicyclic) bond motifs is 1. The third-order valence-electron chi connectivity index (χ3n) is 6.57. The van der Waals surface area contributed by atoms with Gasteiger partial charge in [-0.25, -0.2) is 0 Å². The number of aryl methyl sites for hydroxylation is 2. The summed E-state index contributed by atoms with van der Waals surface area (Å²) in [6, 6.07) is 18.3. The Hall–Kier alpha value is -3.58. The molecule has 5 rings (SSSR count). The number of furan rings is 1. The average molecular weight is 459 g/mol. The SMILES string of the molecule is COc1ccccc1-c1ccc2oc(CN3CCCN(C(=O)c4cc(C)n(C)n4)CC3)cc2c1. The fourth-order valence-corrected chi connectivity index (χ4v) is 4.61. The van der Waals surface area contributed by atoms with E-state index in [-0.39, 0.29) is 5.91 Å². The summed E-state index contributed by atoms with van der Waals surface area (Å²) in [5, 5.41) is 5.44. The van der Waals surface area contributed by atoms with Crippen LogP contribution in [0.1, 0.15) is 28.4 Å². The first-order valence-electron chi connectivity index (χ1n) is 11.7. The highest BCUT2D eigenvalue weighted by atomic mass is 16.5. The zero-order chi connectivity index (χ0) is 23.7. The van der Waals surface area contributed by atoms with Gasteiger partial charge in [0.05, 0.1) is 13.7 Å². The van der Waals surface area contributed by atoms with Crippen LogP contribution >= 0.6 is 0 Å².